The van der Waals surface area contributed by atoms with Gasteiger partial charge in [-0.2, -0.15) is 0 Å². The molecule has 0 saturated heterocycles. The first kappa shape index (κ1) is 19.0. The zero-order chi connectivity index (χ0) is 15.4. The predicted molar refractivity (Wildman–Crippen MR) is 71.0 cm³/mol. The Morgan fingerprint density at radius 2 is 1.80 bits per heavy atom. The lowest BCUT2D eigenvalue weighted by Crippen LogP contribution is -2.41. The second-order valence-electron chi connectivity index (χ2n) is 3.99. The third kappa shape index (κ3) is 7.56. The summed E-state index contributed by atoms with van der Waals surface area (Å²) in [5.41, 5.74) is 0. The Morgan fingerprint density at radius 1 is 1.20 bits per heavy atom. The van der Waals surface area contributed by atoms with Gasteiger partial charge in [-0.1, -0.05) is 6.08 Å². The largest absolute Gasteiger partial charge is 0.469 e. The highest BCUT2D eigenvalue weighted by atomic mass is 16.7. The van der Waals surface area contributed by atoms with Crippen LogP contribution in [0.5, 0.6) is 0 Å². The lowest BCUT2D eigenvalue weighted by atomic mass is 10.0. The number of hydrogen-bond donors (Lipinski definition) is 1. The molecular formula is C13H24O7. The normalized spacial score (nSPS) is 15.4. The van der Waals surface area contributed by atoms with Crippen LogP contribution in [0.2, 0.25) is 0 Å². The molecular weight excluding hydrogens is 268 g/mol. The molecule has 7 nitrogen and oxygen atoms in total. The number of methoxy groups -OCH3 is 3. The van der Waals surface area contributed by atoms with Crippen molar-refractivity contribution in [2.24, 2.45) is 0 Å². The summed E-state index contributed by atoms with van der Waals surface area (Å²) in [6.45, 7) is 3.52. The first-order chi connectivity index (χ1) is 9.60. The van der Waals surface area contributed by atoms with E-state index < -0.39 is 18.3 Å². The number of carbonyl (C=O) groups excluding carboxylic acids is 1. The highest BCUT2D eigenvalue weighted by Crippen LogP contribution is 2.16. The van der Waals surface area contributed by atoms with Gasteiger partial charge >= 0.3 is 5.97 Å². The molecule has 0 aliphatic rings. The number of hydrogen-bond acceptors (Lipinski definition) is 7. The number of aliphatic hydroxyl groups is 1. The van der Waals surface area contributed by atoms with E-state index in [0.717, 1.165) is 0 Å². The van der Waals surface area contributed by atoms with E-state index in [2.05, 4.69) is 11.3 Å². The van der Waals surface area contributed by atoms with Gasteiger partial charge in [-0.3, -0.25) is 4.79 Å². The van der Waals surface area contributed by atoms with Gasteiger partial charge in [0.05, 0.1) is 13.2 Å². The van der Waals surface area contributed by atoms with Crippen molar-refractivity contribution in [2.45, 2.75) is 31.2 Å². The SMILES string of the molecule is C=C[C@@H](O)[C@H](OCOC)[C@H](CCC(=O)OC)OCOC. The minimum absolute atomic E-state index is 0.0133. The van der Waals surface area contributed by atoms with Crippen molar-refractivity contribution in [1.82, 2.24) is 0 Å². The van der Waals surface area contributed by atoms with Crippen LogP contribution in [0.1, 0.15) is 12.8 Å². The third-order valence-electron chi connectivity index (χ3n) is 2.58. The van der Waals surface area contributed by atoms with E-state index in [0.29, 0.717) is 6.42 Å². The third-order valence-corrected chi connectivity index (χ3v) is 2.58. The Balaban J connectivity index is 4.69. The molecule has 7 heteroatoms. The lowest BCUT2D eigenvalue weighted by molar-refractivity contribution is -0.181. The van der Waals surface area contributed by atoms with Crippen LogP contribution in [0.4, 0.5) is 0 Å². The Kier molecular flexibility index (Phi) is 11.2. The molecule has 0 aliphatic heterocycles. The summed E-state index contributed by atoms with van der Waals surface area (Å²) in [4.78, 5) is 11.2. The van der Waals surface area contributed by atoms with Crippen LogP contribution in [-0.2, 0) is 28.5 Å². The zero-order valence-corrected chi connectivity index (χ0v) is 12.2. The quantitative estimate of drug-likeness (QED) is 0.318. The molecule has 20 heavy (non-hydrogen) atoms. The van der Waals surface area contributed by atoms with Gasteiger partial charge in [-0.25, -0.2) is 0 Å². The fourth-order valence-electron chi connectivity index (χ4n) is 1.57. The summed E-state index contributed by atoms with van der Waals surface area (Å²) < 4.78 is 25.1. The summed E-state index contributed by atoms with van der Waals surface area (Å²) in [6.07, 6.45) is -0.437. The second kappa shape index (κ2) is 11.8. The first-order valence-corrected chi connectivity index (χ1v) is 6.19. The molecule has 0 heterocycles. The smallest absolute Gasteiger partial charge is 0.305 e. The number of esters is 1. The molecule has 0 spiro atoms. The average Bonchev–Trinajstić information content (AvgIpc) is 2.48. The molecule has 0 rings (SSSR count). The predicted octanol–water partition coefficient (Wildman–Crippen LogP) is 0.465. The molecule has 0 saturated carbocycles. The van der Waals surface area contributed by atoms with E-state index in [9.17, 15) is 9.90 Å². The van der Waals surface area contributed by atoms with Crippen LogP contribution >= 0.6 is 0 Å². The average molecular weight is 292 g/mol. The maximum absolute atomic E-state index is 11.2. The summed E-state index contributed by atoms with van der Waals surface area (Å²) >= 11 is 0. The van der Waals surface area contributed by atoms with Crippen LogP contribution < -0.4 is 0 Å². The number of ether oxygens (including phenoxy) is 5. The van der Waals surface area contributed by atoms with Crippen molar-refractivity contribution in [2.75, 3.05) is 34.9 Å². The van der Waals surface area contributed by atoms with E-state index in [1.165, 1.54) is 27.4 Å². The van der Waals surface area contributed by atoms with Gasteiger partial charge in [0.25, 0.3) is 0 Å². The minimum atomic E-state index is -0.954. The molecule has 3 atom stereocenters. The fraction of sp³-hybridized carbons (Fsp3) is 0.769. The molecule has 0 unspecified atom stereocenters. The molecule has 0 aliphatic carbocycles. The molecule has 0 aromatic rings. The van der Waals surface area contributed by atoms with Crippen molar-refractivity contribution in [3.05, 3.63) is 12.7 Å². The summed E-state index contributed by atoms with van der Waals surface area (Å²) in [5, 5.41) is 9.90. The van der Waals surface area contributed by atoms with Gasteiger partial charge < -0.3 is 28.8 Å². The van der Waals surface area contributed by atoms with E-state index in [4.69, 9.17) is 18.9 Å². The molecule has 0 aromatic carbocycles. The molecule has 0 radical (unpaired) electrons. The van der Waals surface area contributed by atoms with Crippen LogP contribution in [-0.4, -0.2) is 64.3 Å². The van der Waals surface area contributed by atoms with Crippen molar-refractivity contribution in [3.8, 4) is 0 Å². The maximum Gasteiger partial charge on any atom is 0.305 e. The number of carbonyl (C=O) groups is 1. The van der Waals surface area contributed by atoms with E-state index in [1.54, 1.807) is 0 Å². The maximum atomic E-state index is 11.2. The van der Waals surface area contributed by atoms with E-state index in [-0.39, 0.29) is 26.0 Å². The number of rotatable bonds is 12. The van der Waals surface area contributed by atoms with Crippen molar-refractivity contribution in [1.29, 1.82) is 0 Å². The zero-order valence-electron chi connectivity index (χ0n) is 12.2. The summed E-state index contributed by atoms with van der Waals surface area (Å²) in [6, 6.07) is 0. The second-order valence-corrected chi connectivity index (χ2v) is 3.99. The number of aliphatic hydroxyl groups excluding tert-OH is 1. The van der Waals surface area contributed by atoms with E-state index >= 15 is 0 Å². The Morgan fingerprint density at radius 3 is 2.30 bits per heavy atom. The molecule has 0 bridgehead atoms. The summed E-state index contributed by atoms with van der Waals surface area (Å²) in [7, 11) is 4.26. The van der Waals surface area contributed by atoms with Crippen LogP contribution in [0, 0.1) is 0 Å². The Bertz CT molecular complexity index is 269. The molecule has 1 N–H and O–H groups in total. The highest BCUT2D eigenvalue weighted by Gasteiger charge is 2.29. The van der Waals surface area contributed by atoms with Gasteiger partial charge in [0.15, 0.2) is 0 Å². The van der Waals surface area contributed by atoms with Gasteiger partial charge in [0.2, 0.25) is 0 Å². The monoisotopic (exact) mass is 292 g/mol. The van der Waals surface area contributed by atoms with Crippen molar-refractivity contribution < 1.29 is 33.6 Å². The van der Waals surface area contributed by atoms with Crippen LogP contribution in [0.15, 0.2) is 12.7 Å². The highest BCUT2D eigenvalue weighted by molar-refractivity contribution is 5.69. The topological polar surface area (TPSA) is 83.5 Å². The van der Waals surface area contributed by atoms with Crippen molar-refractivity contribution in [3.63, 3.8) is 0 Å². The minimum Gasteiger partial charge on any atom is -0.469 e. The molecule has 0 amide bonds. The van der Waals surface area contributed by atoms with Gasteiger partial charge in [0.1, 0.15) is 25.8 Å². The standard InChI is InChI=1S/C13H24O7/c1-5-10(14)13(20-9-17-3)11(19-8-16-2)6-7-12(15)18-4/h5,10-11,13-14H,1,6-9H2,2-4H3/t10-,11+,13+/m1/s1. The van der Waals surface area contributed by atoms with Gasteiger partial charge in [-0.05, 0) is 6.42 Å². The van der Waals surface area contributed by atoms with E-state index in [1.807, 2.05) is 0 Å². The first-order valence-electron chi connectivity index (χ1n) is 6.19. The Labute approximate surface area is 119 Å². The van der Waals surface area contributed by atoms with Crippen LogP contribution in [0.25, 0.3) is 0 Å². The molecule has 118 valence electrons. The van der Waals surface area contributed by atoms with Crippen LogP contribution in [0.3, 0.4) is 0 Å². The fourth-order valence-corrected chi connectivity index (χ4v) is 1.57. The lowest BCUT2D eigenvalue weighted by Gasteiger charge is -2.29. The Hall–Kier alpha value is -0.990. The van der Waals surface area contributed by atoms with Crippen molar-refractivity contribution >= 4 is 5.97 Å². The van der Waals surface area contributed by atoms with Gasteiger partial charge in [-0.15, -0.1) is 6.58 Å². The van der Waals surface area contributed by atoms with Gasteiger partial charge in [0, 0.05) is 20.6 Å². The molecule has 0 aromatic heterocycles. The molecule has 0 fully saturated rings. The summed E-state index contributed by atoms with van der Waals surface area (Å²) in [5.74, 6) is -0.366.